The second-order valence-corrected chi connectivity index (χ2v) is 5.27. The molecule has 118 valence electrons. The zero-order valence-corrected chi connectivity index (χ0v) is 13.1. The van der Waals surface area contributed by atoms with Gasteiger partial charge in [0.05, 0.1) is 7.11 Å². The first-order chi connectivity index (χ1) is 11.2. The van der Waals surface area contributed by atoms with E-state index in [2.05, 4.69) is 10.3 Å². The third-order valence-corrected chi connectivity index (χ3v) is 3.61. The van der Waals surface area contributed by atoms with E-state index in [1.165, 1.54) is 0 Å². The number of amides is 1. The molecule has 0 bridgehead atoms. The highest BCUT2D eigenvalue weighted by Gasteiger charge is 2.06. The first-order valence-electron chi connectivity index (χ1n) is 7.44. The van der Waals surface area contributed by atoms with Gasteiger partial charge in [0.1, 0.15) is 11.3 Å². The maximum absolute atomic E-state index is 12.1. The number of oxazole rings is 1. The summed E-state index contributed by atoms with van der Waals surface area (Å²) in [6.45, 7) is 2.39. The highest BCUT2D eigenvalue weighted by atomic mass is 16.5. The van der Waals surface area contributed by atoms with E-state index in [4.69, 9.17) is 9.15 Å². The van der Waals surface area contributed by atoms with Crippen LogP contribution in [-0.4, -0.2) is 24.5 Å². The van der Waals surface area contributed by atoms with E-state index >= 15 is 0 Å². The predicted octanol–water partition coefficient (Wildman–Crippen LogP) is 3.12. The Morgan fingerprint density at radius 2 is 2.00 bits per heavy atom. The molecule has 0 aliphatic carbocycles. The van der Waals surface area contributed by atoms with E-state index in [9.17, 15) is 4.79 Å². The molecule has 23 heavy (non-hydrogen) atoms. The van der Waals surface area contributed by atoms with Crippen molar-refractivity contribution in [2.24, 2.45) is 0 Å². The van der Waals surface area contributed by atoms with Crippen molar-refractivity contribution in [1.82, 2.24) is 10.3 Å². The van der Waals surface area contributed by atoms with Crippen LogP contribution >= 0.6 is 0 Å². The minimum Gasteiger partial charge on any atom is -0.497 e. The molecule has 0 saturated carbocycles. The number of hydrogen-bond donors (Lipinski definition) is 1. The molecule has 0 aliphatic rings. The van der Waals surface area contributed by atoms with E-state index < -0.39 is 0 Å². The second-order valence-electron chi connectivity index (χ2n) is 5.27. The largest absolute Gasteiger partial charge is 0.497 e. The molecule has 1 N–H and O–H groups in total. The Bertz CT molecular complexity index is 822. The van der Waals surface area contributed by atoms with Crippen LogP contribution in [0.2, 0.25) is 0 Å². The van der Waals surface area contributed by atoms with Crippen molar-refractivity contribution >= 4 is 17.0 Å². The summed E-state index contributed by atoms with van der Waals surface area (Å²) in [7, 11) is 1.60. The molecule has 0 fully saturated rings. The lowest BCUT2D eigenvalue weighted by atomic mass is 10.1. The summed E-state index contributed by atoms with van der Waals surface area (Å²) in [5, 5.41) is 2.91. The summed E-state index contributed by atoms with van der Waals surface area (Å²) in [6.07, 6.45) is 0.734. The Hall–Kier alpha value is -2.82. The van der Waals surface area contributed by atoms with E-state index in [1.54, 1.807) is 31.4 Å². The summed E-state index contributed by atoms with van der Waals surface area (Å²) in [5.74, 6) is 1.30. The van der Waals surface area contributed by atoms with Gasteiger partial charge in [-0.15, -0.1) is 0 Å². The highest BCUT2D eigenvalue weighted by molar-refractivity contribution is 5.94. The van der Waals surface area contributed by atoms with Gasteiger partial charge in [-0.2, -0.15) is 0 Å². The third-order valence-electron chi connectivity index (χ3n) is 3.61. The van der Waals surface area contributed by atoms with Crippen molar-refractivity contribution in [2.75, 3.05) is 13.7 Å². The predicted molar refractivity (Wildman–Crippen MR) is 87.8 cm³/mol. The molecular formula is C18H18N2O3. The molecular weight excluding hydrogens is 292 g/mol. The van der Waals surface area contributed by atoms with Crippen molar-refractivity contribution in [2.45, 2.75) is 13.3 Å². The Morgan fingerprint density at radius 1 is 1.22 bits per heavy atom. The summed E-state index contributed by atoms with van der Waals surface area (Å²) < 4.78 is 10.6. The van der Waals surface area contributed by atoms with Crippen LogP contribution < -0.4 is 10.1 Å². The van der Waals surface area contributed by atoms with Gasteiger partial charge in [-0.25, -0.2) is 4.98 Å². The number of carbonyl (C=O) groups excluding carboxylic acids is 1. The second kappa shape index (κ2) is 6.52. The van der Waals surface area contributed by atoms with Gasteiger partial charge in [-0.05, 0) is 48.4 Å². The normalized spacial score (nSPS) is 10.7. The minimum atomic E-state index is -0.0933. The van der Waals surface area contributed by atoms with Crippen LogP contribution in [0.1, 0.15) is 21.8 Å². The molecule has 2 aromatic carbocycles. The molecule has 0 spiro atoms. The van der Waals surface area contributed by atoms with Gasteiger partial charge in [0.25, 0.3) is 5.91 Å². The average Bonchev–Trinajstić information content (AvgIpc) is 2.94. The number of aryl methyl sites for hydroxylation is 1. The lowest BCUT2D eigenvalue weighted by Crippen LogP contribution is -2.25. The molecule has 3 rings (SSSR count). The fraction of sp³-hybridized carbons (Fsp3) is 0.222. The number of ether oxygens (including phenoxy) is 1. The number of benzene rings is 2. The number of carbonyl (C=O) groups is 1. The number of fused-ring (bicyclic) bond motifs is 1. The fourth-order valence-corrected chi connectivity index (χ4v) is 2.40. The minimum absolute atomic E-state index is 0.0933. The summed E-state index contributed by atoms with van der Waals surface area (Å²) >= 11 is 0. The van der Waals surface area contributed by atoms with Gasteiger partial charge < -0.3 is 14.5 Å². The summed E-state index contributed by atoms with van der Waals surface area (Å²) in [6, 6.07) is 12.9. The lowest BCUT2D eigenvalue weighted by Gasteiger charge is -2.06. The van der Waals surface area contributed by atoms with Crippen LogP contribution in [0, 0.1) is 6.92 Å². The van der Waals surface area contributed by atoms with E-state index in [0.717, 1.165) is 28.8 Å². The van der Waals surface area contributed by atoms with Gasteiger partial charge in [0.2, 0.25) is 0 Å². The lowest BCUT2D eigenvalue weighted by molar-refractivity contribution is 0.0954. The smallest absolute Gasteiger partial charge is 0.251 e. The van der Waals surface area contributed by atoms with Crippen LogP contribution in [-0.2, 0) is 6.42 Å². The summed E-state index contributed by atoms with van der Waals surface area (Å²) in [5.41, 5.74) is 3.35. The topological polar surface area (TPSA) is 64.4 Å². The van der Waals surface area contributed by atoms with Crippen LogP contribution in [0.4, 0.5) is 0 Å². The van der Waals surface area contributed by atoms with Gasteiger partial charge in [0.15, 0.2) is 11.5 Å². The molecule has 1 aromatic heterocycles. The van der Waals surface area contributed by atoms with Crippen LogP contribution in [0.15, 0.2) is 46.9 Å². The molecule has 3 aromatic rings. The number of rotatable bonds is 5. The molecule has 0 atom stereocenters. The Balaban J connectivity index is 1.57. The number of nitrogens with one attached hydrogen (secondary N) is 1. The molecule has 1 heterocycles. The van der Waals surface area contributed by atoms with Crippen molar-refractivity contribution in [1.29, 1.82) is 0 Å². The molecule has 1 amide bonds. The number of nitrogens with zero attached hydrogens (tertiary/aromatic N) is 1. The third kappa shape index (κ3) is 3.51. The maximum atomic E-state index is 12.1. The highest BCUT2D eigenvalue weighted by Crippen LogP contribution is 2.17. The first kappa shape index (κ1) is 15.1. The van der Waals surface area contributed by atoms with Crippen molar-refractivity contribution < 1.29 is 13.9 Å². The van der Waals surface area contributed by atoms with Crippen molar-refractivity contribution in [3.8, 4) is 5.75 Å². The zero-order chi connectivity index (χ0) is 16.2. The quantitative estimate of drug-likeness (QED) is 0.786. The van der Waals surface area contributed by atoms with E-state index in [1.807, 2.05) is 25.1 Å². The Morgan fingerprint density at radius 3 is 2.74 bits per heavy atom. The number of methoxy groups -OCH3 is 1. The van der Waals surface area contributed by atoms with Gasteiger partial charge >= 0.3 is 0 Å². The number of aromatic nitrogens is 1. The van der Waals surface area contributed by atoms with Crippen molar-refractivity contribution in [3.63, 3.8) is 0 Å². The van der Waals surface area contributed by atoms with Gasteiger partial charge in [0, 0.05) is 19.0 Å². The molecule has 5 nitrogen and oxygen atoms in total. The summed E-state index contributed by atoms with van der Waals surface area (Å²) in [4.78, 5) is 16.3. The SMILES string of the molecule is COc1ccc(C(=O)NCCc2ccc3nc(C)oc3c2)cc1. The van der Waals surface area contributed by atoms with E-state index in [0.29, 0.717) is 18.0 Å². The molecule has 0 aliphatic heterocycles. The van der Waals surface area contributed by atoms with Crippen LogP contribution in [0.5, 0.6) is 5.75 Å². The first-order valence-corrected chi connectivity index (χ1v) is 7.44. The zero-order valence-electron chi connectivity index (χ0n) is 13.1. The average molecular weight is 310 g/mol. The molecule has 0 saturated heterocycles. The maximum Gasteiger partial charge on any atom is 0.251 e. The molecule has 0 radical (unpaired) electrons. The van der Waals surface area contributed by atoms with Gasteiger partial charge in [-0.1, -0.05) is 6.07 Å². The standard InChI is InChI=1S/C18H18N2O3/c1-12-20-16-8-3-13(11-17(16)23-12)9-10-19-18(21)14-4-6-15(22-2)7-5-14/h3-8,11H,9-10H2,1-2H3,(H,19,21). The molecule has 0 unspecified atom stereocenters. The Labute approximate surface area is 134 Å². The van der Waals surface area contributed by atoms with Crippen molar-refractivity contribution in [3.05, 3.63) is 59.5 Å². The Kier molecular flexibility index (Phi) is 4.28. The van der Waals surface area contributed by atoms with Gasteiger partial charge in [-0.3, -0.25) is 4.79 Å². The monoisotopic (exact) mass is 310 g/mol. The van der Waals surface area contributed by atoms with Crippen LogP contribution in [0.3, 0.4) is 0 Å². The number of hydrogen-bond acceptors (Lipinski definition) is 4. The van der Waals surface area contributed by atoms with E-state index in [-0.39, 0.29) is 5.91 Å². The fourth-order valence-electron chi connectivity index (χ4n) is 2.40. The molecule has 5 heteroatoms. The van der Waals surface area contributed by atoms with Crippen LogP contribution in [0.25, 0.3) is 11.1 Å².